The van der Waals surface area contributed by atoms with Crippen molar-refractivity contribution in [3.63, 3.8) is 0 Å². The predicted octanol–water partition coefficient (Wildman–Crippen LogP) is 5.88. The maximum atomic E-state index is 12.9. The summed E-state index contributed by atoms with van der Waals surface area (Å²) < 4.78 is 48.9. The van der Waals surface area contributed by atoms with E-state index in [0.29, 0.717) is 12.1 Å². The van der Waals surface area contributed by atoms with Crippen LogP contribution in [0.3, 0.4) is 0 Å². The highest BCUT2D eigenvalue weighted by molar-refractivity contribution is 5.93. The zero-order chi connectivity index (χ0) is 22.0. The molecular weight excluding hydrogens is 391 g/mol. The summed E-state index contributed by atoms with van der Waals surface area (Å²) in [7, 11) is 1.17. The highest BCUT2D eigenvalue weighted by Crippen LogP contribution is 2.39. The predicted molar refractivity (Wildman–Crippen MR) is 99.3 cm³/mol. The molecule has 0 aliphatic heterocycles. The van der Waals surface area contributed by atoms with Gasteiger partial charge in [0.2, 0.25) is 5.75 Å². The molecule has 2 rings (SSSR count). The van der Waals surface area contributed by atoms with Crippen LogP contribution in [0, 0.1) is 10.1 Å². The van der Waals surface area contributed by atoms with E-state index in [0.717, 1.165) is 18.1 Å². The van der Waals surface area contributed by atoms with Gasteiger partial charge in [-0.2, -0.15) is 13.2 Å². The van der Waals surface area contributed by atoms with Crippen molar-refractivity contribution >= 4 is 11.7 Å². The van der Waals surface area contributed by atoms with Crippen LogP contribution in [0.5, 0.6) is 11.5 Å². The molecule has 0 saturated carbocycles. The fraction of sp³-hybridized carbons (Fsp3) is 0.350. The molecule has 2 aromatic carbocycles. The Morgan fingerprint density at radius 1 is 1.07 bits per heavy atom. The van der Waals surface area contributed by atoms with E-state index in [1.54, 1.807) is 12.1 Å². The minimum absolute atomic E-state index is 0.0146. The molecule has 0 unspecified atom stereocenters. The number of alkyl halides is 3. The van der Waals surface area contributed by atoms with Gasteiger partial charge in [0, 0.05) is 6.07 Å². The molecule has 0 atom stereocenters. The van der Waals surface area contributed by atoms with Crippen LogP contribution < -0.4 is 4.74 Å². The third kappa shape index (κ3) is 4.85. The number of ether oxygens (including phenoxy) is 2. The van der Waals surface area contributed by atoms with E-state index in [4.69, 9.17) is 9.47 Å². The second kappa shape index (κ2) is 8.10. The Balaban J connectivity index is 2.56. The Morgan fingerprint density at radius 2 is 1.66 bits per heavy atom. The summed E-state index contributed by atoms with van der Waals surface area (Å²) in [5.74, 6) is -1.21. The molecule has 0 aromatic heterocycles. The summed E-state index contributed by atoms with van der Waals surface area (Å²) in [5, 5.41) is 11.3. The van der Waals surface area contributed by atoms with Gasteiger partial charge < -0.3 is 9.47 Å². The number of rotatable bonds is 6. The molecule has 6 nitrogen and oxygen atoms in total. The lowest BCUT2D eigenvalue weighted by molar-refractivity contribution is -0.385. The first kappa shape index (κ1) is 22.2. The average molecular weight is 411 g/mol. The molecule has 0 heterocycles. The van der Waals surface area contributed by atoms with Crippen LogP contribution in [0.1, 0.15) is 48.7 Å². The van der Waals surface area contributed by atoms with Crippen LogP contribution >= 0.6 is 0 Å². The number of carbonyl (C=O) groups excluding carboxylic acids is 1. The van der Waals surface area contributed by atoms with Crippen molar-refractivity contribution in [2.75, 3.05) is 7.11 Å². The number of nitro benzene ring substituents is 1. The Hall–Kier alpha value is -3.10. The second-order valence-electron chi connectivity index (χ2n) is 6.98. The molecule has 0 radical (unpaired) electrons. The molecule has 156 valence electrons. The van der Waals surface area contributed by atoms with Crippen LogP contribution in [0.25, 0.3) is 0 Å². The number of methoxy groups -OCH3 is 1. The van der Waals surface area contributed by atoms with Crippen molar-refractivity contribution in [2.24, 2.45) is 0 Å². The molecule has 9 heteroatoms. The monoisotopic (exact) mass is 411 g/mol. The Morgan fingerprint density at radius 3 is 2.17 bits per heavy atom. The van der Waals surface area contributed by atoms with Gasteiger partial charge in [0.05, 0.1) is 17.6 Å². The van der Waals surface area contributed by atoms with Crippen LogP contribution in [-0.2, 0) is 16.3 Å². The fourth-order valence-corrected chi connectivity index (χ4v) is 2.55. The normalized spacial score (nSPS) is 11.8. The van der Waals surface area contributed by atoms with Crippen LogP contribution in [0.15, 0.2) is 36.4 Å². The number of nitrogens with zero attached hydrogens (tertiary/aromatic N) is 1. The summed E-state index contributed by atoms with van der Waals surface area (Å²) in [6.45, 7) is 5.93. The van der Waals surface area contributed by atoms with E-state index in [1.165, 1.54) is 13.2 Å². The van der Waals surface area contributed by atoms with E-state index in [-0.39, 0.29) is 16.7 Å². The van der Waals surface area contributed by atoms with E-state index < -0.39 is 34.1 Å². The lowest BCUT2D eigenvalue weighted by Gasteiger charge is -2.24. The van der Waals surface area contributed by atoms with Crippen molar-refractivity contribution in [3.8, 4) is 11.5 Å². The van der Waals surface area contributed by atoms with Crippen LogP contribution in [0.4, 0.5) is 18.9 Å². The second-order valence-corrected chi connectivity index (χ2v) is 6.98. The first-order valence-corrected chi connectivity index (χ1v) is 8.67. The van der Waals surface area contributed by atoms with Gasteiger partial charge in [-0.25, -0.2) is 4.79 Å². The first-order chi connectivity index (χ1) is 13.4. The summed E-state index contributed by atoms with van der Waals surface area (Å²) in [6.07, 6.45) is -3.97. The number of esters is 1. The number of hydrogen-bond acceptors (Lipinski definition) is 5. The maximum absolute atomic E-state index is 12.9. The zero-order valence-corrected chi connectivity index (χ0v) is 16.3. The van der Waals surface area contributed by atoms with Crippen molar-refractivity contribution in [1.29, 1.82) is 0 Å². The number of halogens is 3. The molecule has 0 saturated heterocycles. The van der Waals surface area contributed by atoms with Gasteiger partial charge in [0.15, 0.2) is 0 Å². The number of carbonyl (C=O) groups is 1. The lowest BCUT2D eigenvalue weighted by atomic mass is 9.81. The highest BCUT2D eigenvalue weighted by atomic mass is 19.4. The SMILES string of the molecule is CCC(C)(C)c1ccc(Oc2ccc(C(F)(F)F)cc2[N+](=O)[O-])c(C(=O)OC)c1. The molecule has 0 bridgehead atoms. The number of hydrogen-bond donors (Lipinski definition) is 0. The third-order valence-electron chi connectivity index (χ3n) is 4.75. The molecule has 2 aromatic rings. The average Bonchev–Trinajstić information content (AvgIpc) is 2.66. The molecule has 0 N–H and O–H groups in total. The van der Waals surface area contributed by atoms with Crippen molar-refractivity contribution in [2.45, 2.75) is 38.8 Å². The summed E-state index contributed by atoms with van der Waals surface area (Å²) in [4.78, 5) is 22.5. The van der Waals surface area contributed by atoms with E-state index in [9.17, 15) is 28.1 Å². The number of nitro groups is 1. The third-order valence-corrected chi connectivity index (χ3v) is 4.75. The summed E-state index contributed by atoms with van der Waals surface area (Å²) >= 11 is 0. The van der Waals surface area contributed by atoms with Crippen molar-refractivity contribution in [1.82, 2.24) is 0 Å². The minimum Gasteiger partial charge on any atom is -0.465 e. The molecule has 0 spiro atoms. The van der Waals surface area contributed by atoms with Gasteiger partial charge in [-0.05, 0) is 41.7 Å². The van der Waals surface area contributed by atoms with E-state index in [1.807, 2.05) is 20.8 Å². The van der Waals surface area contributed by atoms with Gasteiger partial charge in [0.25, 0.3) is 0 Å². The number of benzene rings is 2. The van der Waals surface area contributed by atoms with Gasteiger partial charge in [-0.1, -0.05) is 26.8 Å². The van der Waals surface area contributed by atoms with Gasteiger partial charge in [-0.15, -0.1) is 0 Å². The largest absolute Gasteiger partial charge is 0.465 e. The van der Waals surface area contributed by atoms with E-state index >= 15 is 0 Å². The van der Waals surface area contributed by atoms with Gasteiger partial charge in [0.1, 0.15) is 11.3 Å². The Labute approximate surface area is 165 Å². The van der Waals surface area contributed by atoms with Crippen LogP contribution in [-0.4, -0.2) is 18.0 Å². The topological polar surface area (TPSA) is 78.7 Å². The summed E-state index contributed by atoms with van der Waals surface area (Å²) in [5.41, 5.74) is -1.48. The highest BCUT2D eigenvalue weighted by Gasteiger charge is 2.34. The zero-order valence-electron chi connectivity index (χ0n) is 16.3. The minimum atomic E-state index is -4.74. The van der Waals surface area contributed by atoms with Crippen molar-refractivity contribution in [3.05, 3.63) is 63.2 Å². The van der Waals surface area contributed by atoms with Crippen molar-refractivity contribution < 1.29 is 32.4 Å². The smallest absolute Gasteiger partial charge is 0.416 e. The Kier molecular flexibility index (Phi) is 6.20. The fourth-order valence-electron chi connectivity index (χ4n) is 2.55. The molecule has 0 aliphatic rings. The standard InChI is InChI=1S/C20H20F3NO5/c1-5-19(2,3)12-6-8-16(14(10-12)18(25)28-4)29-17-9-7-13(20(21,22)23)11-15(17)24(26)27/h6-11H,5H2,1-4H3. The van der Waals surface area contributed by atoms with Gasteiger partial charge in [-0.3, -0.25) is 10.1 Å². The molecule has 0 aliphatic carbocycles. The first-order valence-electron chi connectivity index (χ1n) is 8.67. The molecule has 0 fully saturated rings. The molecular formula is C20H20F3NO5. The maximum Gasteiger partial charge on any atom is 0.416 e. The lowest BCUT2D eigenvalue weighted by Crippen LogP contribution is -2.17. The molecule has 29 heavy (non-hydrogen) atoms. The van der Waals surface area contributed by atoms with Crippen LogP contribution in [0.2, 0.25) is 0 Å². The summed E-state index contributed by atoms with van der Waals surface area (Å²) in [6, 6.07) is 6.62. The molecule has 0 amide bonds. The van der Waals surface area contributed by atoms with E-state index in [2.05, 4.69) is 0 Å². The quantitative estimate of drug-likeness (QED) is 0.337. The Bertz CT molecular complexity index is 938. The van der Waals surface area contributed by atoms with Gasteiger partial charge >= 0.3 is 17.8 Å².